The molecule has 0 aromatic heterocycles. The summed E-state index contributed by atoms with van der Waals surface area (Å²) in [5.41, 5.74) is 6.37. The molecule has 0 bridgehead atoms. The number of hydrogen-bond acceptors (Lipinski definition) is 0. The summed E-state index contributed by atoms with van der Waals surface area (Å²) in [6.45, 7) is 0. The van der Waals surface area contributed by atoms with Gasteiger partial charge in [0.1, 0.15) is 0 Å². The molecule has 0 amide bonds. The fourth-order valence-electron chi connectivity index (χ4n) is 4.43. The zero-order valence-electron chi connectivity index (χ0n) is 11.3. The van der Waals surface area contributed by atoms with Crippen LogP contribution in [0.4, 0.5) is 0 Å². The molecule has 2 aliphatic carbocycles. The average molecular weight is 256 g/mol. The molecule has 2 aliphatic rings. The molecule has 0 fully saturated rings. The van der Waals surface area contributed by atoms with Gasteiger partial charge in [-0.25, -0.2) is 0 Å². The van der Waals surface area contributed by atoms with Crippen LogP contribution in [0, 0.1) is 0 Å². The number of fused-ring (bicyclic) bond motifs is 7. The first-order valence-corrected chi connectivity index (χ1v) is 7.50. The summed E-state index contributed by atoms with van der Waals surface area (Å²) in [7, 11) is 0. The zero-order chi connectivity index (χ0) is 13.1. The lowest BCUT2D eigenvalue weighted by atomic mass is 9.91. The quantitative estimate of drug-likeness (QED) is 0.541. The van der Waals surface area contributed by atoms with Crippen molar-refractivity contribution in [3.05, 3.63) is 82.9 Å². The first-order chi connectivity index (χ1) is 9.92. The van der Waals surface area contributed by atoms with Crippen molar-refractivity contribution >= 4 is 10.8 Å². The van der Waals surface area contributed by atoms with Crippen LogP contribution >= 0.6 is 0 Å². The molecule has 0 saturated heterocycles. The molecule has 0 N–H and O–H groups in total. The third kappa shape index (κ3) is 1.27. The Labute approximate surface area is 119 Å². The standard InChI is InChI=1S/C20H16/c1-4-8-17-13(5-1)9-10-15-12-18-16-7-3-2-6-14(16)11-19(18)20(15)17/h1-10,18-19H,11-12H2. The Balaban J connectivity index is 1.76. The third-order valence-corrected chi connectivity index (χ3v) is 5.25. The smallest absolute Gasteiger partial charge is 0.00404 e. The maximum atomic E-state index is 2.36. The van der Waals surface area contributed by atoms with E-state index in [4.69, 9.17) is 0 Å². The Bertz CT molecular complexity index is 828. The van der Waals surface area contributed by atoms with Gasteiger partial charge in [-0.1, -0.05) is 60.7 Å². The van der Waals surface area contributed by atoms with Crippen molar-refractivity contribution in [2.45, 2.75) is 24.7 Å². The fraction of sp³-hybridized carbons (Fsp3) is 0.200. The molecule has 0 saturated carbocycles. The molecule has 0 radical (unpaired) electrons. The van der Waals surface area contributed by atoms with Gasteiger partial charge in [-0.05, 0) is 57.7 Å². The van der Waals surface area contributed by atoms with Gasteiger partial charge in [0, 0.05) is 0 Å². The Morgan fingerprint density at radius 2 is 1.45 bits per heavy atom. The topological polar surface area (TPSA) is 0 Å². The van der Waals surface area contributed by atoms with E-state index in [1.54, 1.807) is 22.3 Å². The lowest BCUT2D eigenvalue weighted by Gasteiger charge is -2.13. The van der Waals surface area contributed by atoms with E-state index >= 15 is 0 Å². The third-order valence-electron chi connectivity index (χ3n) is 5.25. The molecule has 3 aromatic rings. The normalized spacial score (nSPS) is 22.6. The Morgan fingerprint density at radius 1 is 0.650 bits per heavy atom. The van der Waals surface area contributed by atoms with Crippen LogP contribution in [0.1, 0.15) is 34.1 Å². The lowest BCUT2D eigenvalue weighted by molar-refractivity contribution is 0.635. The molecule has 2 unspecified atom stereocenters. The van der Waals surface area contributed by atoms with Crippen LogP contribution in [0.3, 0.4) is 0 Å². The highest BCUT2D eigenvalue weighted by Gasteiger charge is 2.40. The average Bonchev–Trinajstić information content (AvgIpc) is 3.03. The first-order valence-electron chi connectivity index (χ1n) is 7.50. The lowest BCUT2D eigenvalue weighted by Crippen LogP contribution is -1.99. The second kappa shape index (κ2) is 3.73. The SMILES string of the molecule is c1ccc2c(c1)CC1c3c(ccc4ccccc34)CC21. The molecule has 5 rings (SSSR count). The summed E-state index contributed by atoms with van der Waals surface area (Å²) in [4.78, 5) is 0. The summed E-state index contributed by atoms with van der Waals surface area (Å²) in [5, 5.41) is 2.87. The van der Waals surface area contributed by atoms with Crippen molar-refractivity contribution < 1.29 is 0 Å². The highest BCUT2D eigenvalue weighted by atomic mass is 14.4. The van der Waals surface area contributed by atoms with Crippen LogP contribution in [0.5, 0.6) is 0 Å². The Hall–Kier alpha value is -2.08. The van der Waals surface area contributed by atoms with E-state index in [2.05, 4.69) is 60.7 Å². The summed E-state index contributed by atoms with van der Waals surface area (Å²) in [6, 6.07) is 22.6. The molecule has 3 aromatic carbocycles. The van der Waals surface area contributed by atoms with E-state index < -0.39 is 0 Å². The van der Waals surface area contributed by atoms with Crippen LogP contribution in [-0.2, 0) is 12.8 Å². The number of hydrogen-bond donors (Lipinski definition) is 0. The van der Waals surface area contributed by atoms with Gasteiger partial charge in [-0.15, -0.1) is 0 Å². The second-order valence-corrected chi connectivity index (χ2v) is 6.18. The van der Waals surface area contributed by atoms with Crippen LogP contribution in [-0.4, -0.2) is 0 Å². The van der Waals surface area contributed by atoms with Gasteiger partial charge in [0.2, 0.25) is 0 Å². The fourth-order valence-corrected chi connectivity index (χ4v) is 4.43. The molecular weight excluding hydrogens is 240 g/mol. The maximum absolute atomic E-state index is 2.36. The molecular formula is C20H16. The van der Waals surface area contributed by atoms with Crippen LogP contribution in [0.2, 0.25) is 0 Å². The van der Waals surface area contributed by atoms with E-state index in [0.717, 1.165) is 0 Å². The van der Waals surface area contributed by atoms with E-state index in [1.807, 2.05) is 0 Å². The first kappa shape index (κ1) is 10.7. The second-order valence-electron chi connectivity index (χ2n) is 6.18. The zero-order valence-corrected chi connectivity index (χ0v) is 11.3. The summed E-state index contributed by atoms with van der Waals surface area (Å²) < 4.78 is 0. The van der Waals surface area contributed by atoms with Gasteiger partial charge in [0.25, 0.3) is 0 Å². The predicted octanol–water partition coefficient (Wildman–Crippen LogP) is 4.82. The number of rotatable bonds is 0. The predicted molar refractivity (Wildman–Crippen MR) is 83.3 cm³/mol. The molecule has 0 aliphatic heterocycles. The van der Waals surface area contributed by atoms with Gasteiger partial charge < -0.3 is 0 Å². The summed E-state index contributed by atoms with van der Waals surface area (Å²) in [6.07, 6.45) is 2.45. The minimum atomic E-state index is 0.702. The molecule has 0 heterocycles. The maximum Gasteiger partial charge on any atom is -0.00404 e. The molecule has 2 atom stereocenters. The van der Waals surface area contributed by atoms with Gasteiger partial charge >= 0.3 is 0 Å². The van der Waals surface area contributed by atoms with Crippen molar-refractivity contribution in [3.8, 4) is 0 Å². The molecule has 20 heavy (non-hydrogen) atoms. The van der Waals surface area contributed by atoms with Crippen molar-refractivity contribution in [1.82, 2.24) is 0 Å². The van der Waals surface area contributed by atoms with Crippen LogP contribution < -0.4 is 0 Å². The van der Waals surface area contributed by atoms with Crippen LogP contribution in [0.25, 0.3) is 10.8 Å². The summed E-state index contributed by atoms with van der Waals surface area (Å²) >= 11 is 0. The molecule has 0 nitrogen and oxygen atoms in total. The Kier molecular flexibility index (Phi) is 1.99. The van der Waals surface area contributed by atoms with E-state index in [9.17, 15) is 0 Å². The highest BCUT2D eigenvalue weighted by Crippen LogP contribution is 2.53. The Morgan fingerprint density at radius 3 is 2.45 bits per heavy atom. The van der Waals surface area contributed by atoms with E-state index in [1.165, 1.54) is 23.6 Å². The van der Waals surface area contributed by atoms with Crippen molar-refractivity contribution in [2.24, 2.45) is 0 Å². The number of benzene rings is 3. The van der Waals surface area contributed by atoms with Crippen molar-refractivity contribution in [2.75, 3.05) is 0 Å². The van der Waals surface area contributed by atoms with Gasteiger partial charge in [-0.3, -0.25) is 0 Å². The van der Waals surface area contributed by atoms with E-state index in [0.29, 0.717) is 11.8 Å². The van der Waals surface area contributed by atoms with E-state index in [-0.39, 0.29) is 0 Å². The minimum Gasteiger partial charge on any atom is -0.0620 e. The molecule has 0 heteroatoms. The summed E-state index contributed by atoms with van der Waals surface area (Å²) in [5.74, 6) is 1.42. The highest BCUT2D eigenvalue weighted by molar-refractivity contribution is 5.88. The molecule has 0 spiro atoms. The van der Waals surface area contributed by atoms with Gasteiger partial charge in [0.05, 0.1) is 0 Å². The minimum absolute atomic E-state index is 0.702. The van der Waals surface area contributed by atoms with Crippen molar-refractivity contribution in [1.29, 1.82) is 0 Å². The van der Waals surface area contributed by atoms with Gasteiger partial charge in [-0.2, -0.15) is 0 Å². The van der Waals surface area contributed by atoms with Gasteiger partial charge in [0.15, 0.2) is 0 Å². The largest absolute Gasteiger partial charge is 0.0620 e. The molecule has 96 valence electrons. The monoisotopic (exact) mass is 256 g/mol. The van der Waals surface area contributed by atoms with Crippen molar-refractivity contribution in [3.63, 3.8) is 0 Å². The van der Waals surface area contributed by atoms with Crippen LogP contribution in [0.15, 0.2) is 60.7 Å².